The molecule has 0 amide bonds. The van der Waals surface area contributed by atoms with Gasteiger partial charge >= 0.3 is 0 Å². The lowest BCUT2D eigenvalue weighted by Crippen LogP contribution is -2.01. The molecule has 1 unspecified atom stereocenters. The molecule has 0 aromatic heterocycles. The van der Waals surface area contributed by atoms with Crippen molar-refractivity contribution in [1.29, 1.82) is 0 Å². The van der Waals surface area contributed by atoms with Gasteiger partial charge in [-0.25, -0.2) is 0 Å². The number of benzene rings is 1. The Morgan fingerprint density at radius 1 is 1.38 bits per heavy atom. The Morgan fingerprint density at radius 2 is 2.00 bits per heavy atom. The SMILES string of the molecule is C=Cc1ccc(CCC(C)O)cc1. The number of aliphatic hydroxyl groups is 1. The molecule has 1 heteroatoms. The lowest BCUT2D eigenvalue weighted by Gasteiger charge is -2.04. The third-order valence-electron chi connectivity index (χ3n) is 2.07. The third-order valence-corrected chi connectivity index (χ3v) is 2.07. The maximum absolute atomic E-state index is 9.10. The Balaban J connectivity index is 2.54. The standard InChI is InChI=1S/C12H16O/c1-3-11-6-8-12(9-7-11)5-4-10(2)13/h3,6-10,13H,1,4-5H2,2H3. The van der Waals surface area contributed by atoms with Gasteiger partial charge in [-0.05, 0) is 30.9 Å². The highest BCUT2D eigenvalue weighted by molar-refractivity contribution is 5.47. The highest BCUT2D eigenvalue weighted by atomic mass is 16.3. The monoisotopic (exact) mass is 176 g/mol. The summed E-state index contributed by atoms with van der Waals surface area (Å²) < 4.78 is 0. The number of aliphatic hydroxyl groups excluding tert-OH is 1. The summed E-state index contributed by atoms with van der Waals surface area (Å²) in [5, 5.41) is 9.10. The van der Waals surface area contributed by atoms with E-state index in [2.05, 4.69) is 18.7 Å². The zero-order valence-corrected chi connectivity index (χ0v) is 8.03. The van der Waals surface area contributed by atoms with Crippen molar-refractivity contribution >= 4 is 6.08 Å². The highest BCUT2D eigenvalue weighted by Crippen LogP contribution is 2.08. The van der Waals surface area contributed by atoms with Crippen molar-refractivity contribution < 1.29 is 5.11 Å². The first-order valence-electron chi connectivity index (χ1n) is 4.62. The van der Waals surface area contributed by atoms with Crippen LogP contribution in [0.2, 0.25) is 0 Å². The molecule has 1 aromatic carbocycles. The van der Waals surface area contributed by atoms with Crippen molar-refractivity contribution in [3.8, 4) is 0 Å². The van der Waals surface area contributed by atoms with Crippen molar-refractivity contribution in [3.05, 3.63) is 42.0 Å². The summed E-state index contributed by atoms with van der Waals surface area (Å²) in [5.41, 5.74) is 2.41. The van der Waals surface area contributed by atoms with Crippen molar-refractivity contribution in [2.24, 2.45) is 0 Å². The van der Waals surface area contributed by atoms with Gasteiger partial charge in [0.1, 0.15) is 0 Å². The molecule has 0 spiro atoms. The van der Waals surface area contributed by atoms with Crippen LogP contribution >= 0.6 is 0 Å². The molecule has 13 heavy (non-hydrogen) atoms. The molecule has 1 aromatic rings. The molecule has 0 saturated carbocycles. The minimum Gasteiger partial charge on any atom is -0.393 e. The summed E-state index contributed by atoms with van der Waals surface area (Å²) >= 11 is 0. The van der Waals surface area contributed by atoms with Crippen LogP contribution in [0.1, 0.15) is 24.5 Å². The van der Waals surface area contributed by atoms with E-state index in [1.165, 1.54) is 5.56 Å². The zero-order chi connectivity index (χ0) is 9.68. The lowest BCUT2D eigenvalue weighted by molar-refractivity contribution is 0.185. The van der Waals surface area contributed by atoms with Gasteiger partial charge in [0.25, 0.3) is 0 Å². The smallest absolute Gasteiger partial charge is 0.0515 e. The normalized spacial score (nSPS) is 12.5. The number of hydrogen-bond acceptors (Lipinski definition) is 1. The van der Waals surface area contributed by atoms with E-state index in [1.54, 1.807) is 0 Å². The maximum atomic E-state index is 9.10. The molecule has 1 nitrogen and oxygen atoms in total. The van der Waals surface area contributed by atoms with Crippen LogP contribution in [0.5, 0.6) is 0 Å². The molecule has 0 aliphatic heterocycles. The van der Waals surface area contributed by atoms with Crippen LogP contribution in [0.15, 0.2) is 30.8 Å². The second-order valence-corrected chi connectivity index (χ2v) is 3.33. The summed E-state index contributed by atoms with van der Waals surface area (Å²) in [5.74, 6) is 0. The second kappa shape index (κ2) is 4.83. The molecule has 0 saturated heterocycles. The molecule has 0 bridgehead atoms. The van der Waals surface area contributed by atoms with Crippen LogP contribution in [0, 0.1) is 0 Å². The molecule has 0 fully saturated rings. The molecular formula is C12H16O. The molecule has 0 aliphatic rings. The van der Waals surface area contributed by atoms with Gasteiger partial charge in [0, 0.05) is 0 Å². The van der Waals surface area contributed by atoms with Crippen LogP contribution in [-0.4, -0.2) is 11.2 Å². The minimum absolute atomic E-state index is 0.209. The molecule has 70 valence electrons. The highest BCUT2D eigenvalue weighted by Gasteiger charge is 1.97. The van der Waals surface area contributed by atoms with Gasteiger partial charge < -0.3 is 5.11 Å². The first-order chi connectivity index (χ1) is 6.22. The van der Waals surface area contributed by atoms with Gasteiger partial charge in [-0.15, -0.1) is 0 Å². The van der Waals surface area contributed by atoms with Crippen LogP contribution in [0.4, 0.5) is 0 Å². The van der Waals surface area contributed by atoms with Crippen molar-refractivity contribution in [2.75, 3.05) is 0 Å². The topological polar surface area (TPSA) is 20.2 Å². The number of rotatable bonds is 4. The largest absolute Gasteiger partial charge is 0.393 e. The maximum Gasteiger partial charge on any atom is 0.0515 e. The average Bonchev–Trinajstić information content (AvgIpc) is 2.15. The third kappa shape index (κ3) is 3.43. The Morgan fingerprint density at radius 3 is 2.46 bits per heavy atom. The van der Waals surface area contributed by atoms with Gasteiger partial charge in [0.05, 0.1) is 6.10 Å². The molecular weight excluding hydrogens is 160 g/mol. The molecule has 1 N–H and O–H groups in total. The van der Waals surface area contributed by atoms with E-state index in [-0.39, 0.29) is 6.10 Å². The quantitative estimate of drug-likeness (QED) is 0.747. The second-order valence-electron chi connectivity index (χ2n) is 3.33. The zero-order valence-electron chi connectivity index (χ0n) is 8.03. The van der Waals surface area contributed by atoms with Crippen LogP contribution in [-0.2, 0) is 6.42 Å². The predicted octanol–water partition coefficient (Wildman–Crippen LogP) is 2.64. The summed E-state index contributed by atoms with van der Waals surface area (Å²) in [6.45, 7) is 5.51. The summed E-state index contributed by atoms with van der Waals surface area (Å²) in [4.78, 5) is 0. The average molecular weight is 176 g/mol. The molecule has 1 rings (SSSR count). The fourth-order valence-electron chi connectivity index (χ4n) is 1.20. The van der Waals surface area contributed by atoms with Crippen molar-refractivity contribution in [1.82, 2.24) is 0 Å². The van der Waals surface area contributed by atoms with E-state index in [1.807, 2.05) is 25.1 Å². The summed E-state index contributed by atoms with van der Waals surface area (Å²) in [6.07, 6.45) is 3.39. The summed E-state index contributed by atoms with van der Waals surface area (Å²) in [6, 6.07) is 8.26. The first-order valence-corrected chi connectivity index (χ1v) is 4.62. The van der Waals surface area contributed by atoms with Crippen LogP contribution in [0.3, 0.4) is 0 Å². The predicted molar refractivity (Wildman–Crippen MR) is 56.5 cm³/mol. The molecule has 0 radical (unpaired) electrons. The number of aryl methyl sites for hydroxylation is 1. The molecule has 1 atom stereocenters. The Kier molecular flexibility index (Phi) is 3.71. The Labute approximate surface area is 79.7 Å². The van der Waals surface area contributed by atoms with Crippen LogP contribution in [0.25, 0.3) is 6.08 Å². The molecule has 0 aliphatic carbocycles. The fraction of sp³-hybridized carbons (Fsp3) is 0.333. The lowest BCUT2D eigenvalue weighted by atomic mass is 10.1. The van der Waals surface area contributed by atoms with Gasteiger partial charge in [0.15, 0.2) is 0 Å². The van der Waals surface area contributed by atoms with Crippen molar-refractivity contribution in [2.45, 2.75) is 25.9 Å². The van der Waals surface area contributed by atoms with E-state index >= 15 is 0 Å². The minimum atomic E-state index is -0.209. The van der Waals surface area contributed by atoms with E-state index in [0.29, 0.717) is 0 Å². The van der Waals surface area contributed by atoms with E-state index in [9.17, 15) is 0 Å². The first kappa shape index (κ1) is 10.0. The van der Waals surface area contributed by atoms with Crippen LogP contribution < -0.4 is 0 Å². The number of hydrogen-bond donors (Lipinski definition) is 1. The van der Waals surface area contributed by atoms with Gasteiger partial charge in [-0.2, -0.15) is 0 Å². The van der Waals surface area contributed by atoms with Gasteiger partial charge in [-0.3, -0.25) is 0 Å². The summed E-state index contributed by atoms with van der Waals surface area (Å²) in [7, 11) is 0. The fourth-order valence-corrected chi connectivity index (χ4v) is 1.20. The van der Waals surface area contributed by atoms with Gasteiger partial charge in [0.2, 0.25) is 0 Å². The van der Waals surface area contributed by atoms with E-state index in [4.69, 9.17) is 5.11 Å². The van der Waals surface area contributed by atoms with E-state index < -0.39 is 0 Å². The van der Waals surface area contributed by atoms with Gasteiger partial charge in [-0.1, -0.05) is 36.9 Å². The Hall–Kier alpha value is -1.08. The molecule has 0 heterocycles. The van der Waals surface area contributed by atoms with E-state index in [0.717, 1.165) is 18.4 Å². The van der Waals surface area contributed by atoms with Crippen molar-refractivity contribution in [3.63, 3.8) is 0 Å². The Bertz CT molecular complexity index is 259.